The molecule has 0 spiro atoms. The zero-order valence-electron chi connectivity index (χ0n) is 14.3. The van der Waals surface area contributed by atoms with Gasteiger partial charge >= 0.3 is 5.97 Å². The number of hydrogen-bond donors (Lipinski definition) is 3. The number of carboxylic acid groups (broad SMARTS) is 1. The van der Waals surface area contributed by atoms with Crippen molar-refractivity contribution in [2.75, 3.05) is 31.3 Å². The van der Waals surface area contributed by atoms with Crippen LogP contribution in [0.2, 0.25) is 0 Å². The van der Waals surface area contributed by atoms with Crippen LogP contribution in [0.15, 0.2) is 24.3 Å². The molecular formula is C17H23N3O4. The molecule has 24 heavy (non-hydrogen) atoms. The topological polar surface area (TPSA) is 98.7 Å². The van der Waals surface area contributed by atoms with E-state index in [1.807, 2.05) is 0 Å². The predicted octanol–water partition coefficient (Wildman–Crippen LogP) is 1.48. The Balaban J connectivity index is 2.09. The number of benzene rings is 1. The second kappa shape index (κ2) is 6.60. The minimum Gasteiger partial charge on any atom is -0.481 e. The highest BCUT2D eigenvalue weighted by Crippen LogP contribution is 2.58. The summed E-state index contributed by atoms with van der Waals surface area (Å²) in [7, 11) is 3.57. The minimum atomic E-state index is -0.965. The summed E-state index contributed by atoms with van der Waals surface area (Å²) in [5.74, 6) is -2.78. The van der Waals surface area contributed by atoms with Crippen molar-refractivity contribution in [2.45, 2.75) is 13.8 Å². The third kappa shape index (κ3) is 3.73. The number of carbonyl (C=O) groups excluding carboxylic acids is 2. The van der Waals surface area contributed by atoms with E-state index in [1.165, 1.54) is 0 Å². The molecule has 0 aromatic heterocycles. The van der Waals surface area contributed by atoms with Gasteiger partial charge in [-0.05, 0) is 31.6 Å². The summed E-state index contributed by atoms with van der Waals surface area (Å²) in [4.78, 5) is 37.3. The summed E-state index contributed by atoms with van der Waals surface area (Å²) in [6, 6.07) is 6.86. The highest BCUT2D eigenvalue weighted by atomic mass is 16.4. The van der Waals surface area contributed by atoms with Crippen molar-refractivity contribution in [1.82, 2.24) is 4.90 Å². The first-order chi connectivity index (χ1) is 11.1. The third-order valence-electron chi connectivity index (χ3n) is 4.29. The van der Waals surface area contributed by atoms with Gasteiger partial charge in [0.05, 0.1) is 29.8 Å². The van der Waals surface area contributed by atoms with Crippen molar-refractivity contribution in [2.24, 2.45) is 17.3 Å². The maximum atomic E-state index is 12.4. The van der Waals surface area contributed by atoms with E-state index in [0.717, 1.165) is 0 Å². The van der Waals surface area contributed by atoms with Crippen molar-refractivity contribution < 1.29 is 19.5 Å². The number of likely N-dealkylation sites (N-methyl/N-ethyl adjacent to an activating group) is 1. The normalized spacial score (nSPS) is 21.2. The summed E-state index contributed by atoms with van der Waals surface area (Å²) in [5, 5.41) is 14.7. The Morgan fingerprint density at radius 1 is 1.08 bits per heavy atom. The quantitative estimate of drug-likeness (QED) is 0.732. The van der Waals surface area contributed by atoms with Gasteiger partial charge in [-0.2, -0.15) is 0 Å². The van der Waals surface area contributed by atoms with Gasteiger partial charge in [0.25, 0.3) is 0 Å². The second-order valence-corrected chi connectivity index (χ2v) is 6.94. The van der Waals surface area contributed by atoms with E-state index >= 15 is 0 Å². The van der Waals surface area contributed by atoms with Gasteiger partial charge < -0.3 is 20.6 Å². The van der Waals surface area contributed by atoms with E-state index in [9.17, 15) is 19.5 Å². The molecule has 1 aromatic carbocycles. The Kier molecular flexibility index (Phi) is 4.94. The zero-order valence-corrected chi connectivity index (χ0v) is 14.3. The molecule has 1 aliphatic rings. The number of hydrogen-bond acceptors (Lipinski definition) is 4. The van der Waals surface area contributed by atoms with Gasteiger partial charge in [-0.1, -0.05) is 26.0 Å². The lowest BCUT2D eigenvalue weighted by Gasteiger charge is -2.14. The molecule has 0 heterocycles. The van der Waals surface area contributed by atoms with Crippen LogP contribution in [0.25, 0.3) is 0 Å². The predicted molar refractivity (Wildman–Crippen MR) is 90.7 cm³/mol. The first kappa shape index (κ1) is 17.9. The largest absolute Gasteiger partial charge is 0.481 e. The molecule has 0 aliphatic heterocycles. The van der Waals surface area contributed by atoms with Crippen LogP contribution in [-0.4, -0.2) is 48.4 Å². The summed E-state index contributed by atoms with van der Waals surface area (Å²) >= 11 is 0. The standard InChI is InChI=1S/C17H23N3O4/c1-17(2)13(14(17)16(23)24)15(22)19-11-8-6-5-7-10(11)18-12(21)9-20(3)4/h5-8,13-14H,9H2,1-4H3,(H,18,21)(H,19,22)(H,23,24)/t13-,14-/m1/s1. The third-order valence-corrected chi connectivity index (χ3v) is 4.29. The molecule has 2 amide bonds. The minimum absolute atomic E-state index is 0.197. The molecule has 0 radical (unpaired) electrons. The molecule has 7 nitrogen and oxygen atoms in total. The van der Waals surface area contributed by atoms with Crippen LogP contribution >= 0.6 is 0 Å². The highest BCUT2D eigenvalue weighted by molar-refractivity contribution is 6.03. The summed E-state index contributed by atoms with van der Waals surface area (Å²) in [5.41, 5.74) is 0.378. The molecule has 2 rings (SSSR count). The maximum absolute atomic E-state index is 12.4. The van der Waals surface area contributed by atoms with Crippen molar-refractivity contribution in [3.63, 3.8) is 0 Å². The van der Waals surface area contributed by atoms with Crippen LogP contribution in [0, 0.1) is 17.3 Å². The summed E-state index contributed by atoms with van der Waals surface area (Å²) < 4.78 is 0. The van der Waals surface area contributed by atoms with E-state index < -0.39 is 23.2 Å². The number of rotatable bonds is 6. The molecule has 3 N–H and O–H groups in total. The molecule has 1 fully saturated rings. The fraction of sp³-hybridized carbons (Fsp3) is 0.471. The highest BCUT2D eigenvalue weighted by Gasteiger charge is 2.65. The molecule has 130 valence electrons. The Labute approximate surface area is 141 Å². The van der Waals surface area contributed by atoms with Crippen LogP contribution in [-0.2, 0) is 14.4 Å². The first-order valence-electron chi connectivity index (χ1n) is 7.72. The number of nitrogens with one attached hydrogen (secondary N) is 2. The summed E-state index contributed by atoms with van der Waals surface area (Å²) in [6.45, 7) is 3.75. The SMILES string of the molecule is CN(C)CC(=O)Nc1ccccc1NC(=O)[C@H]1[C@H](C(=O)O)C1(C)C. The van der Waals surface area contributed by atoms with Crippen LogP contribution < -0.4 is 10.6 Å². The number of aliphatic carboxylic acids is 1. The molecule has 0 bridgehead atoms. The van der Waals surface area contributed by atoms with E-state index in [0.29, 0.717) is 11.4 Å². The zero-order chi connectivity index (χ0) is 18.1. The van der Waals surface area contributed by atoms with Crippen LogP contribution in [0.1, 0.15) is 13.8 Å². The molecule has 0 saturated heterocycles. The van der Waals surface area contributed by atoms with Crippen molar-refractivity contribution in [3.05, 3.63) is 24.3 Å². The molecule has 1 aliphatic carbocycles. The molecule has 0 unspecified atom stereocenters. The van der Waals surface area contributed by atoms with Gasteiger partial charge in [-0.3, -0.25) is 14.4 Å². The van der Waals surface area contributed by atoms with Crippen LogP contribution in [0.5, 0.6) is 0 Å². The smallest absolute Gasteiger partial charge is 0.307 e. The van der Waals surface area contributed by atoms with E-state index in [4.69, 9.17) is 0 Å². The van der Waals surface area contributed by atoms with Gasteiger partial charge in [0.1, 0.15) is 0 Å². The average Bonchev–Trinajstić information content (AvgIpc) is 3.03. The van der Waals surface area contributed by atoms with Crippen LogP contribution in [0.4, 0.5) is 11.4 Å². The Morgan fingerprint density at radius 3 is 2.08 bits per heavy atom. The molecule has 1 aromatic rings. The number of amides is 2. The first-order valence-corrected chi connectivity index (χ1v) is 7.72. The average molecular weight is 333 g/mol. The van der Waals surface area contributed by atoms with Crippen molar-refractivity contribution in [3.8, 4) is 0 Å². The van der Waals surface area contributed by atoms with E-state index in [2.05, 4.69) is 10.6 Å². The van der Waals surface area contributed by atoms with Gasteiger partial charge in [0.2, 0.25) is 11.8 Å². The lowest BCUT2D eigenvalue weighted by molar-refractivity contribution is -0.140. The Morgan fingerprint density at radius 2 is 1.62 bits per heavy atom. The fourth-order valence-corrected chi connectivity index (χ4v) is 2.98. The molecule has 2 atom stereocenters. The molecular weight excluding hydrogens is 310 g/mol. The summed E-state index contributed by atoms with van der Waals surface area (Å²) in [6.07, 6.45) is 0. The van der Waals surface area contributed by atoms with Gasteiger partial charge in [-0.25, -0.2) is 0 Å². The molecule has 7 heteroatoms. The van der Waals surface area contributed by atoms with Crippen molar-refractivity contribution in [1.29, 1.82) is 0 Å². The monoisotopic (exact) mass is 333 g/mol. The van der Waals surface area contributed by atoms with Crippen LogP contribution in [0.3, 0.4) is 0 Å². The number of nitrogens with zero attached hydrogens (tertiary/aromatic N) is 1. The van der Waals surface area contributed by atoms with Gasteiger partial charge in [0, 0.05) is 0 Å². The number of carboxylic acids is 1. The van der Waals surface area contributed by atoms with E-state index in [-0.39, 0.29) is 18.4 Å². The lowest BCUT2D eigenvalue weighted by Crippen LogP contribution is -2.27. The Hall–Kier alpha value is -2.41. The number of anilines is 2. The second-order valence-electron chi connectivity index (χ2n) is 6.94. The fourth-order valence-electron chi connectivity index (χ4n) is 2.98. The van der Waals surface area contributed by atoms with Crippen molar-refractivity contribution >= 4 is 29.2 Å². The van der Waals surface area contributed by atoms with Gasteiger partial charge in [0.15, 0.2) is 0 Å². The number of carbonyl (C=O) groups is 3. The number of para-hydroxylation sites is 2. The maximum Gasteiger partial charge on any atom is 0.307 e. The Bertz CT molecular complexity index is 670. The van der Waals surface area contributed by atoms with Gasteiger partial charge in [-0.15, -0.1) is 0 Å². The lowest BCUT2D eigenvalue weighted by atomic mass is 10.1. The van der Waals surface area contributed by atoms with E-state index in [1.54, 1.807) is 57.1 Å². The molecule has 1 saturated carbocycles.